The number of Topliss-reactive ketones (excluding diaryl/α,β-unsaturated/α-hetero) is 1. The van der Waals surface area contributed by atoms with Crippen molar-refractivity contribution in [3.05, 3.63) is 77.8 Å². The van der Waals surface area contributed by atoms with Crippen molar-refractivity contribution in [2.45, 2.75) is 18.9 Å². The second kappa shape index (κ2) is 7.77. The molecule has 27 heavy (non-hydrogen) atoms. The van der Waals surface area contributed by atoms with Crippen LogP contribution in [0.1, 0.15) is 27.5 Å². The van der Waals surface area contributed by atoms with Crippen molar-refractivity contribution < 1.29 is 19.1 Å². The normalized spacial score (nSPS) is 11.9. The average Bonchev–Trinajstić information content (AvgIpc) is 3.09. The second-order valence-electron chi connectivity index (χ2n) is 6.09. The predicted molar refractivity (Wildman–Crippen MR) is 95.7 cm³/mol. The maximum absolute atomic E-state index is 13.0. The van der Waals surface area contributed by atoms with Gasteiger partial charge in [0.25, 0.3) is 0 Å². The highest BCUT2D eigenvalue weighted by molar-refractivity contribution is 5.95. The molecular weight excluding hydrogens is 351 g/mol. The largest absolute Gasteiger partial charge is 0.481 e. The Hall–Kier alpha value is -3.55. The number of aromatic nitrogens is 3. The van der Waals surface area contributed by atoms with Crippen LogP contribution in [0.25, 0.3) is 0 Å². The van der Waals surface area contributed by atoms with Gasteiger partial charge in [0.15, 0.2) is 5.78 Å². The van der Waals surface area contributed by atoms with Crippen molar-refractivity contribution in [2.75, 3.05) is 5.73 Å². The number of halogens is 1. The first-order valence-corrected chi connectivity index (χ1v) is 8.16. The number of benzene rings is 1. The highest BCUT2D eigenvalue weighted by Crippen LogP contribution is 2.20. The standard InChI is InChI=1S/C19H17FN4O3/c20-14-4-2-13(3-5-14)17(25)10-24-9-16(23-11-24)15(19(26)27)7-12-1-6-18(21)22-8-12/h1-6,8-9,11,15H,7,10H2,(H2,21,22)(H,26,27). The molecule has 8 heteroatoms. The summed E-state index contributed by atoms with van der Waals surface area (Å²) in [5.74, 6) is -2.19. The molecule has 0 radical (unpaired) electrons. The van der Waals surface area contributed by atoms with Crippen molar-refractivity contribution in [2.24, 2.45) is 0 Å². The van der Waals surface area contributed by atoms with Crippen molar-refractivity contribution >= 4 is 17.6 Å². The summed E-state index contributed by atoms with van der Waals surface area (Å²) >= 11 is 0. The molecule has 1 atom stereocenters. The maximum Gasteiger partial charge on any atom is 0.312 e. The fourth-order valence-electron chi connectivity index (χ4n) is 2.65. The number of carbonyl (C=O) groups excluding carboxylic acids is 1. The van der Waals surface area contributed by atoms with Gasteiger partial charge >= 0.3 is 5.97 Å². The van der Waals surface area contributed by atoms with Gasteiger partial charge in [0.1, 0.15) is 17.6 Å². The molecule has 1 unspecified atom stereocenters. The quantitative estimate of drug-likeness (QED) is 0.619. The van der Waals surface area contributed by atoms with E-state index < -0.39 is 17.7 Å². The third kappa shape index (κ3) is 4.55. The topological polar surface area (TPSA) is 111 Å². The van der Waals surface area contributed by atoms with E-state index in [2.05, 4.69) is 9.97 Å². The first-order chi connectivity index (χ1) is 12.9. The Balaban J connectivity index is 1.73. The van der Waals surface area contributed by atoms with E-state index in [-0.39, 0.29) is 18.7 Å². The monoisotopic (exact) mass is 368 g/mol. The van der Waals surface area contributed by atoms with Gasteiger partial charge in [-0.1, -0.05) is 6.07 Å². The molecule has 3 aromatic rings. The Morgan fingerprint density at radius 3 is 2.52 bits per heavy atom. The summed E-state index contributed by atoms with van der Waals surface area (Å²) < 4.78 is 14.5. The first kappa shape index (κ1) is 18.2. The highest BCUT2D eigenvalue weighted by atomic mass is 19.1. The van der Waals surface area contributed by atoms with E-state index in [1.807, 2.05) is 0 Å². The smallest absolute Gasteiger partial charge is 0.312 e. The summed E-state index contributed by atoms with van der Waals surface area (Å²) in [6.07, 6.45) is 4.67. The number of anilines is 1. The molecule has 0 amide bonds. The lowest BCUT2D eigenvalue weighted by Crippen LogP contribution is -2.15. The van der Waals surface area contributed by atoms with Crippen molar-refractivity contribution in [3.8, 4) is 0 Å². The molecule has 0 aliphatic carbocycles. The van der Waals surface area contributed by atoms with Crippen LogP contribution in [0.4, 0.5) is 10.2 Å². The summed E-state index contributed by atoms with van der Waals surface area (Å²) in [5, 5.41) is 9.54. The number of carboxylic acids is 1. The number of nitrogens with zero attached hydrogens (tertiary/aromatic N) is 3. The van der Waals surface area contributed by atoms with Crippen molar-refractivity contribution in [1.29, 1.82) is 0 Å². The molecule has 2 aromatic heterocycles. The number of rotatable bonds is 7. The number of hydrogen-bond donors (Lipinski definition) is 2. The second-order valence-corrected chi connectivity index (χ2v) is 6.09. The number of pyridine rings is 1. The molecule has 0 bridgehead atoms. The molecule has 0 saturated heterocycles. The van der Waals surface area contributed by atoms with Crippen LogP contribution < -0.4 is 5.73 Å². The minimum absolute atomic E-state index is 0.0194. The van der Waals surface area contributed by atoms with E-state index in [9.17, 15) is 19.1 Å². The van der Waals surface area contributed by atoms with Crippen molar-refractivity contribution in [3.63, 3.8) is 0 Å². The number of ketones is 1. The highest BCUT2D eigenvalue weighted by Gasteiger charge is 2.23. The van der Waals surface area contributed by atoms with Crippen LogP contribution in [0, 0.1) is 5.82 Å². The lowest BCUT2D eigenvalue weighted by Gasteiger charge is -2.09. The molecule has 3 rings (SSSR count). The fraction of sp³-hybridized carbons (Fsp3) is 0.158. The number of nitrogen functional groups attached to an aromatic ring is 1. The van der Waals surface area contributed by atoms with Gasteiger partial charge in [-0.15, -0.1) is 0 Å². The Bertz CT molecular complexity index is 952. The number of carboxylic acid groups (broad SMARTS) is 1. The first-order valence-electron chi connectivity index (χ1n) is 8.16. The molecule has 0 spiro atoms. The van der Waals surface area contributed by atoms with Crippen LogP contribution in [-0.2, 0) is 17.8 Å². The summed E-state index contributed by atoms with van der Waals surface area (Å²) in [6, 6.07) is 8.57. The summed E-state index contributed by atoms with van der Waals surface area (Å²) in [5.41, 5.74) is 6.96. The number of nitrogens with two attached hydrogens (primary N) is 1. The van der Waals surface area contributed by atoms with Gasteiger partial charge in [-0.3, -0.25) is 9.59 Å². The van der Waals surface area contributed by atoms with E-state index in [4.69, 9.17) is 5.73 Å². The fourth-order valence-corrected chi connectivity index (χ4v) is 2.65. The molecule has 2 heterocycles. The molecule has 0 fully saturated rings. The number of imidazole rings is 1. The van der Waals surface area contributed by atoms with E-state index >= 15 is 0 Å². The zero-order valence-corrected chi connectivity index (χ0v) is 14.2. The number of hydrogen-bond acceptors (Lipinski definition) is 5. The molecule has 1 aromatic carbocycles. The van der Waals surface area contributed by atoms with Gasteiger partial charge in [0.2, 0.25) is 0 Å². The number of aliphatic carboxylic acids is 1. The van der Waals surface area contributed by atoms with Crippen LogP contribution in [0.5, 0.6) is 0 Å². The van der Waals surface area contributed by atoms with E-state index in [0.717, 1.165) is 0 Å². The third-order valence-electron chi connectivity index (χ3n) is 4.09. The van der Waals surface area contributed by atoms with Crippen molar-refractivity contribution in [1.82, 2.24) is 14.5 Å². The maximum atomic E-state index is 13.0. The summed E-state index contributed by atoms with van der Waals surface area (Å²) in [4.78, 5) is 32.0. The molecule has 0 aliphatic rings. The summed E-state index contributed by atoms with van der Waals surface area (Å²) in [7, 11) is 0. The lowest BCUT2D eigenvalue weighted by atomic mass is 9.98. The zero-order valence-electron chi connectivity index (χ0n) is 14.2. The molecule has 0 aliphatic heterocycles. The van der Waals surface area contributed by atoms with Gasteiger partial charge in [-0.25, -0.2) is 14.4 Å². The Kier molecular flexibility index (Phi) is 5.25. The Morgan fingerprint density at radius 2 is 1.89 bits per heavy atom. The van der Waals surface area contributed by atoms with Gasteiger partial charge in [0, 0.05) is 18.0 Å². The SMILES string of the molecule is Nc1ccc(CC(C(=O)O)c2cn(CC(=O)c3ccc(F)cc3)cn2)cn1. The summed E-state index contributed by atoms with van der Waals surface area (Å²) in [6.45, 7) is -0.0194. The Labute approximate surface area is 154 Å². The van der Waals surface area contributed by atoms with Gasteiger partial charge in [0.05, 0.1) is 18.6 Å². The minimum atomic E-state index is -1.03. The van der Waals surface area contributed by atoms with Gasteiger partial charge in [-0.2, -0.15) is 0 Å². The lowest BCUT2D eigenvalue weighted by molar-refractivity contribution is -0.138. The van der Waals surface area contributed by atoms with E-state index in [0.29, 0.717) is 22.6 Å². The van der Waals surface area contributed by atoms with Crippen LogP contribution in [0.3, 0.4) is 0 Å². The molecule has 7 nitrogen and oxygen atoms in total. The number of carbonyl (C=O) groups is 2. The van der Waals surface area contributed by atoms with Crippen LogP contribution in [0.15, 0.2) is 55.1 Å². The zero-order chi connectivity index (χ0) is 19.4. The van der Waals surface area contributed by atoms with Gasteiger partial charge in [-0.05, 0) is 42.3 Å². The minimum Gasteiger partial charge on any atom is -0.481 e. The Morgan fingerprint density at radius 1 is 1.15 bits per heavy atom. The molecule has 0 saturated carbocycles. The molecule has 3 N–H and O–H groups in total. The van der Waals surface area contributed by atoms with E-state index in [1.54, 1.807) is 12.1 Å². The van der Waals surface area contributed by atoms with Gasteiger partial charge < -0.3 is 15.4 Å². The third-order valence-corrected chi connectivity index (χ3v) is 4.09. The molecular formula is C19H17FN4O3. The van der Waals surface area contributed by atoms with Crippen LogP contribution >= 0.6 is 0 Å². The van der Waals surface area contributed by atoms with E-state index in [1.165, 1.54) is 47.6 Å². The molecule has 138 valence electrons. The van der Waals surface area contributed by atoms with Crippen LogP contribution in [-0.4, -0.2) is 31.4 Å². The van der Waals surface area contributed by atoms with Crippen LogP contribution in [0.2, 0.25) is 0 Å². The average molecular weight is 368 g/mol. The predicted octanol–water partition coefficient (Wildman–Crippen LogP) is 2.29.